The zero-order valence-corrected chi connectivity index (χ0v) is 14.9. The van der Waals surface area contributed by atoms with E-state index in [-0.39, 0.29) is 34.4 Å². The van der Waals surface area contributed by atoms with Crippen LogP contribution in [0.3, 0.4) is 0 Å². The summed E-state index contributed by atoms with van der Waals surface area (Å²) in [5, 5.41) is 3.86. The number of rotatable bonds is 4. The van der Waals surface area contributed by atoms with Crippen molar-refractivity contribution in [2.75, 3.05) is 11.1 Å². The van der Waals surface area contributed by atoms with Gasteiger partial charge in [0.15, 0.2) is 10.9 Å². The first kappa shape index (κ1) is 16.8. The van der Waals surface area contributed by atoms with E-state index in [1.54, 1.807) is 36.4 Å². The zero-order valence-electron chi connectivity index (χ0n) is 13.3. The van der Waals surface area contributed by atoms with Crippen molar-refractivity contribution in [2.45, 2.75) is 11.6 Å². The van der Waals surface area contributed by atoms with Gasteiger partial charge in [-0.25, -0.2) is 4.98 Å². The predicted octanol–water partition coefficient (Wildman–Crippen LogP) is 3.05. The molecule has 1 aliphatic rings. The normalized spacial score (nSPS) is 12.9. The van der Waals surface area contributed by atoms with E-state index in [9.17, 15) is 14.4 Å². The van der Waals surface area contributed by atoms with Crippen LogP contribution in [0.15, 0.2) is 46.3 Å². The molecule has 130 valence electrons. The number of thioether (sulfide) groups is 1. The second-order valence-corrected chi connectivity index (χ2v) is 7.19. The van der Waals surface area contributed by atoms with Crippen molar-refractivity contribution in [2.24, 2.45) is 0 Å². The number of H-pyrrole nitrogens is 1. The van der Waals surface area contributed by atoms with E-state index in [4.69, 9.17) is 11.6 Å². The minimum absolute atomic E-state index is 0.0706. The third-order valence-electron chi connectivity index (χ3n) is 4.05. The van der Waals surface area contributed by atoms with E-state index < -0.39 is 0 Å². The summed E-state index contributed by atoms with van der Waals surface area (Å²) in [6.45, 7) is 0. The molecule has 0 bridgehead atoms. The standard InChI is InChI=1S/C18H12ClN3O3S/c19-12-7-14-9(6-16(24)20-14)5-11(12)15(23)8-26-18-21-13-4-2-1-3-10(13)17(25)22-18/h1-5,7H,6,8H2,(H,20,24)(H,21,22,25). The molecule has 0 radical (unpaired) electrons. The van der Waals surface area contributed by atoms with Crippen molar-refractivity contribution in [1.29, 1.82) is 0 Å². The maximum absolute atomic E-state index is 12.5. The number of hydrogen-bond donors (Lipinski definition) is 2. The number of anilines is 1. The molecule has 1 aliphatic heterocycles. The van der Waals surface area contributed by atoms with Crippen molar-refractivity contribution in [3.63, 3.8) is 0 Å². The number of carbonyl (C=O) groups is 2. The maximum Gasteiger partial charge on any atom is 0.259 e. The lowest BCUT2D eigenvalue weighted by atomic mass is 10.1. The van der Waals surface area contributed by atoms with Gasteiger partial charge in [0.05, 0.1) is 28.1 Å². The van der Waals surface area contributed by atoms with Crippen molar-refractivity contribution in [3.8, 4) is 0 Å². The molecule has 1 aromatic heterocycles. The second kappa shape index (κ2) is 6.59. The molecule has 0 atom stereocenters. The number of ketones is 1. The predicted molar refractivity (Wildman–Crippen MR) is 101 cm³/mol. The van der Waals surface area contributed by atoms with E-state index in [2.05, 4.69) is 15.3 Å². The molecule has 4 rings (SSSR count). The molecule has 0 aliphatic carbocycles. The molecule has 1 amide bonds. The summed E-state index contributed by atoms with van der Waals surface area (Å²) in [6, 6.07) is 10.3. The van der Waals surface area contributed by atoms with Gasteiger partial charge in [0.25, 0.3) is 5.56 Å². The molecule has 3 aromatic rings. The summed E-state index contributed by atoms with van der Waals surface area (Å²) in [5.74, 6) is -0.243. The first-order chi connectivity index (χ1) is 12.5. The molecular formula is C18H12ClN3O3S. The molecule has 0 spiro atoms. The molecular weight excluding hydrogens is 374 g/mol. The maximum atomic E-state index is 12.5. The van der Waals surface area contributed by atoms with E-state index in [0.717, 1.165) is 17.3 Å². The van der Waals surface area contributed by atoms with Crippen LogP contribution in [0.1, 0.15) is 15.9 Å². The molecule has 2 heterocycles. The monoisotopic (exact) mass is 385 g/mol. The number of hydrogen-bond acceptors (Lipinski definition) is 5. The lowest BCUT2D eigenvalue weighted by Gasteiger charge is -2.07. The molecule has 0 unspecified atom stereocenters. The number of aromatic nitrogens is 2. The number of aromatic amines is 1. The highest BCUT2D eigenvalue weighted by atomic mass is 35.5. The fraction of sp³-hybridized carbons (Fsp3) is 0.111. The highest BCUT2D eigenvalue weighted by Gasteiger charge is 2.22. The van der Waals surface area contributed by atoms with E-state index in [1.807, 2.05) is 0 Å². The Morgan fingerprint density at radius 1 is 1.23 bits per heavy atom. The number of Topliss-reactive ketones (excluding diaryl/α,β-unsaturated/α-hetero) is 1. The number of para-hydroxylation sites is 1. The first-order valence-corrected chi connectivity index (χ1v) is 9.15. The number of nitrogens with zero attached hydrogens (tertiary/aromatic N) is 1. The van der Waals surface area contributed by atoms with Crippen LogP contribution in [-0.2, 0) is 11.2 Å². The SMILES string of the molecule is O=C1Cc2cc(C(=O)CSc3nc4ccccc4c(=O)[nH]3)c(Cl)cc2N1. The van der Waals surface area contributed by atoms with Gasteiger partial charge in [0.1, 0.15) is 0 Å². The third-order valence-corrected chi connectivity index (χ3v) is 5.24. The van der Waals surface area contributed by atoms with Crippen LogP contribution in [0.4, 0.5) is 5.69 Å². The number of amides is 1. The van der Waals surface area contributed by atoms with Crippen LogP contribution in [0, 0.1) is 0 Å². The molecule has 6 nitrogen and oxygen atoms in total. The van der Waals surface area contributed by atoms with Gasteiger partial charge < -0.3 is 10.3 Å². The van der Waals surface area contributed by atoms with E-state index in [0.29, 0.717) is 27.3 Å². The average molecular weight is 386 g/mol. The van der Waals surface area contributed by atoms with Gasteiger partial charge in [0.2, 0.25) is 5.91 Å². The van der Waals surface area contributed by atoms with E-state index >= 15 is 0 Å². The van der Waals surface area contributed by atoms with Crippen molar-refractivity contribution in [3.05, 3.63) is 62.9 Å². The molecule has 26 heavy (non-hydrogen) atoms. The number of benzene rings is 2. The third kappa shape index (κ3) is 3.11. The topological polar surface area (TPSA) is 91.9 Å². The molecule has 0 saturated heterocycles. The van der Waals surface area contributed by atoms with Gasteiger partial charge in [-0.15, -0.1) is 0 Å². The van der Waals surface area contributed by atoms with Crippen LogP contribution in [0.5, 0.6) is 0 Å². The van der Waals surface area contributed by atoms with Crippen molar-refractivity contribution < 1.29 is 9.59 Å². The molecule has 0 fully saturated rings. The van der Waals surface area contributed by atoms with Gasteiger partial charge in [-0.05, 0) is 29.8 Å². The fourth-order valence-corrected chi connectivity index (χ4v) is 3.83. The van der Waals surface area contributed by atoms with Crippen LogP contribution in [0.2, 0.25) is 5.02 Å². The summed E-state index contributed by atoms with van der Waals surface area (Å²) in [6.07, 6.45) is 0.236. The highest BCUT2D eigenvalue weighted by molar-refractivity contribution is 7.99. The van der Waals surface area contributed by atoms with Crippen LogP contribution in [-0.4, -0.2) is 27.4 Å². The summed E-state index contributed by atoms with van der Waals surface area (Å²) < 4.78 is 0. The van der Waals surface area contributed by atoms with Gasteiger partial charge >= 0.3 is 0 Å². The largest absolute Gasteiger partial charge is 0.325 e. The lowest BCUT2D eigenvalue weighted by molar-refractivity contribution is -0.115. The molecule has 2 N–H and O–H groups in total. The zero-order chi connectivity index (χ0) is 18.3. The smallest absolute Gasteiger partial charge is 0.259 e. The molecule has 2 aromatic carbocycles. The Bertz CT molecular complexity index is 1130. The lowest BCUT2D eigenvalue weighted by Crippen LogP contribution is -2.10. The number of halogens is 1. The minimum atomic E-state index is -0.245. The van der Waals surface area contributed by atoms with E-state index in [1.165, 1.54) is 0 Å². The average Bonchev–Trinajstić information content (AvgIpc) is 2.98. The van der Waals surface area contributed by atoms with Crippen LogP contribution >= 0.6 is 23.4 Å². The summed E-state index contributed by atoms with van der Waals surface area (Å²) in [4.78, 5) is 43.1. The minimum Gasteiger partial charge on any atom is -0.325 e. The van der Waals surface area contributed by atoms with Gasteiger partial charge in [-0.3, -0.25) is 14.4 Å². The Labute approximate surface area is 157 Å². The first-order valence-electron chi connectivity index (χ1n) is 7.78. The van der Waals surface area contributed by atoms with Crippen molar-refractivity contribution in [1.82, 2.24) is 9.97 Å². The summed E-state index contributed by atoms with van der Waals surface area (Å²) >= 11 is 7.32. The Hall–Kier alpha value is -2.64. The summed E-state index contributed by atoms with van der Waals surface area (Å²) in [7, 11) is 0. The van der Waals surface area contributed by atoms with Crippen LogP contribution < -0.4 is 10.9 Å². The highest BCUT2D eigenvalue weighted by Crippen LogP contribution is 2.30. The molecule has 0 saturated carbocycles. The quantitative estimate of drug-likeness (QED) is 0.409. The molecule has 8 heteroatoms. The van der Waals surface area contributed by atoms with Gasteiger partial charge in [-0.2, -0.15) is 0 Å². The Balaban J connectivity index is 1.56. The van der Waals surface area contributed by atoms with Crippen LogP contribution in [0.25, 0.3) is 10.9 Å². The number of nitrogens with one attached hydrogen (secondary N) is 2. The summed E-state index contributed by atoms with van der Waals surface area (Å²) in [5.41, 5.74) is 2.09. The van der Waals surface area contributed by atoms with Gasteiger partial charge in [-0.1, -0.05) is 35.5 Å². The number of carbonyl (C=O) groups excluding carboxylic acids is 2. The van der Waals surface area contributed by atoms with Gasteiger partial charge in [0, 0.05) is 11.3 Å². The Morgan fingerprint density at radius 3 is 2.88 bits per heavy atom. The number of fused-ring (bicyclic) bond motifs is 2. The Morgan fingerprint density at radius 2 is 2.04 bits per heavy atom. The fourth-order valence-electron chi connectivity index (χ4n) is 2.81. The second-order valence-electron chi connectivity index (χ2n) is 5.81. The Kier molecular flexibility index (Phi) is 4.26. The van der Waals surface area contributed by atoms with Crippen molar-refractivity contribution >= 4 is 51.6 Å².